The van der Waals surface area contributed by atoms with Gasteiger partial charge in [0.25, 0.3) is 0 Å². The Morgan fingerprint density at radius 1 is 1.50 bits per heavy atom. The van der Waals surface area contributed by atoms with E-state index in [4.69, 9.17) is 4.74 Å². The Morgan fingerprint density at radius 2 is 2.19 bits per heavy atom. The van der Waals surface area contributed by atoms with E-state index in [1.807, 2.05) is 0 Å². The molecule has 88 valence electrons. The number of methoxy groups -OCH3 is 1. The highest BCUT2D eigenvalue weighted by Gasteiger charge is 2.14. The molecule has 0 bridgehead atoms. The number of aromatic nitrogens is 1. The number of rotatable bonds is 5. The van der Waals surface area contributed by atoms with Crippen LogP contribution in [-0.4, -0.2) is 38.3 Å². The second-order valence-electron chi connectivity index (χ2n) is 3.38. The Balaban J connectivity index is 2.81. The maximum absolute atomic E-state index is 11.7. The van der Waals surface area contributed by atoms with E-state index >= 15 is 0 Å². The first-order chi connectivity index (χ1) is 7.44. The van der Waals surface area contributed by atoms with E-state index in [1.165, 1.54) is 25.6 Å². The van der Waals surface area contributed by atoms with Crippen LogP contribution < -0.4 is 4.74 Å². The topological polar surface area (TPSA) is 73.3 Å². The molecule has 1 rings (SSSR count). The van der Waals surface area contributed by atoms with Gasteiger partial charge in [-0.15, -0.1) is 0 Å². The Kier molecular flexibility index (Phi) is 4.00. The molecule has 0 aliphatic rings. The molecule has 1 aromatic rings. The molecule has 0 saturated carbocycles. The SMILES string of the molecule is COc1cnccc1C(=O)CCS(C)(=O)=O. The van der Waals surface area contributed by atoms with Crippen LogP contribution in [0.2, 0.25) is 0 Å². The summed E-state index contributed by atoms with van der Waals surface area (Å²) in [4.78, 5) is 15.5. The van der Waals surface area contributed by atoms with Gasteiger partial charge in [-0.3, -0.25) is 9.78 Å². The summed E-state index contributed by atoms with van der Waals surface area (Å²) in [6.07, 6.45) is 3.95. The quantitative estimate of drug-likeness (QED) is 0.712. The normalized spacial score (nSPS) is 11.1. The van der Waals surface area contributed by atoms with Crippen LogP contribution >= 0.6 is 0 Å². The van der Waals surface area contributed by atoms with E-state index in [-0.39, 0.29) is 18.0 Å². The molecule has 0 aliphatic heterocycles. The average Bonchev–Trinajstić information content (AvgIpc) is 2.25. The van der Waals surface area contributed by atoms with Crippen molar-refractivity contribution in [2.24, 2.45) is 0 Å². The molecule has 1 heterocycles. The number of ether oxygens (including phenoxy) is 1. The smallest absolute Gasteiger partial charge is 0.167 e. The summed E-state index contributed by atoms with van der Waals surface area (Å²) in [5.74, 6) is -0.0530. The molecule has 16 heavy (non-hydrogen) atoms. The number of nitrogens with zero attached hydrogens (tertiary/aromatic N) is 1. The van der Waals surface area contributed by atoms with Gasteiger partial charge in [-0.05, 0) is 6.07 Å². The van der Waals surface area contributed by atoms with Gasteiger partial charge in [0.1, 0.15) is 15.6 Å². The number of ketones is 1. The van der Waals surface area contributed by atoms with E-state index in [2.05, 4.69) is 4.98 Å². The van der Waals surface area contributed by atoms with Gasteiger partial charge in [0.05, 0.1) is 24.6 Å². The molecule has 0 aliphatic carbocycles. The van der Waals surface area contributed by atoms with Crippen molar-refractivity contribution >= 4 is 15.6 Å². The first-order valence-electron chi connectivity index (χ1n) is 4.63. The lowest BCUT2D eigenvalue weighted by molar-refractivity contribution is 0.0985. The number of hydrogen-bond acceptors (Lipinski definition) is 5. The van der Waals surface area contributed by atoms with E-state index in [1.54, 1.807) is 0 Å². The first kappa shape index (κ1) is 12.6. The minimum atomic E-state index is -3.12. The molecule has 0 aromatic carbocycles. The number of carbonyl (C=O) groups is 1. The third-order valence-corrected chi connectivity index (χ3v) is 2.95. The lowest BCUT2D eigenvalue weighted by Gasteiger charge is -2.05. The van der Waals surface area contributed by atoms with Crippen molar-refractivity contribution in [2.75, 3.05) is 19.1 Å². The van der Waals surface area contributed by atoms with E-state index < -0.39 is 9.84 Å². The molecule has 1 aromatic heterocycles. The fraction of sp³-hybridized carbons (Fsp3) is 0.400. The second kappa shape index (κ2) is 5.07. The van der Waals surface area contributed by atoms with Crippen molar-refractivity contribution in [3.05, 3.63) is 24.0 Å². The number of Topliss-reactive ketones (excluding diaryl/α,β-unsaturated/α-hetero) is 1. The van der Waals surface area contributed by atoms with Crippen molar-refractivity contribution in [3.8, 4) is 5.75 Å². The standard InChI is InChI=1S/C10H13NO4S/c1-15-10-7-11-5-3-8(10)9(12)4-6-16(2,13)14/h3,5,7H,4,6H2,1-2H3. The van der Waals surface area contributed by atoms with Crippen LogP contribution in [0.4, 0.5) is 0 Å². The van der Waals surface area contributed by atoms with Gasteiger partial charge in [-0.2, -0.15) is 0 Å². The Bertz CT molecular complexity index is 481. The monoisotopic (exact) mass is 243 g/mol. The van der Waals surface area contributed by atoms with E-state index in [0.29, 0.717) is 11.3 Å². The molecule has 0 unspecified atom stereocenters. The van der Waals surface area contributed by atoms with Crippen LogP contribution in [0, 0.1) is 0 Å². The molecule has 0 fully saturated rings. The summed E-state index contributed by atoms with van der Waals surface area (Å²) in [7, 11) is -1.69. The molecule has 0 amide bonds. The summed E-state index contributed by atoms with van der Waals surface area (Å²) in [5.41, 5.74) is 0.362. The second-order valence-corrected chi connectivity index (χ2v) is 5.64. The molecule has 0 N–H and O–H groups in total. The maximum atomic E-state index is 11.7. The molecule has 0 saturated heterocycles. The molecular formula is C10H13NO4S. The summed E-state index contributed by atoms with van der Waals surface area (Å²) in [6.45, 7) is 0. The zero-order valence-corrected chi connectivity index (χ0v) is 9.95. The van der Waals surface area contributed by atoms with Crippen LogP contribution in [0.15, 0.2) is 18.5 Å². The molecule has 5 nitrogen and oxygen atoms in total. The predicted octanol–water partition coefficient (Wildman–Crippen LogP) is 0.708. The summed E-state index contributed by atoms with van der Waals surface area (Å²) >= 11 is 0. The maximum Gasteiger partial charge on any atom is 0.167 e. The lowest BCUT2D eigenvalue weighted by Crippen LogP contribution is -2.10. The summed E-state index contributed by atoms with van der Waals surface area (Å²) in [6, 6.07) is 1.52. The number of carbonyl (C=O) groups excluding carboxylic acids is 1. The Labute approximate surface area is 94.4 Å². The number of sulfone groups is 1. The molecule has 0 radical (unpaired) electrons. The fourth-order valence-corrected chi connectivity index (χ4v) is 1.74. The predicted molar refractivity (Wildman–Crippen MR) is 59.4 cm³/mol. The number of pyridine rings is 1. The summed E-state index contributed by atoms with van der Waals surface area (Å²) < 4.78 is 26.8. The lowest BCUT2D eigenvalue weighted by atomic mass is 10.1. The minimum absolute atomic E-state index is 0.0425. The van der Waals surface area contributed by atoms with Gasteiger partial charge in [-0.25, -0.2) is 8.42 Å². The average molecular weight is 243 g/mol. The van der Waals surface area contributed by atoms with Crippen molar-refractivity contribution in [1.29, 1.82) is 0 Å². The van der Waals surface area contributed by atoms with Gasteiger partial charge >= 0.3 is 0 Å². The van der Waals surface area contributed by atoms with Crippen molar-refractivity contribution in [2.45, 2.75) is 6.42 Å². The van der Waals surface area contributed by atoms with Crippen molar-refractivity contribution in [3.63, 3.8) is 0 Å². The van der Waals surface area contributed by atoms with Gasteiger partial charge < -0.3 is 4.74 Å². The van der Waals surface area contributed by atoms with E-state index in [0.717, 1.165) is 6.26 Å². The highest BCUT2D eigenvalue weighted by molar-refractivity contribution is 7.90. The van der Waals surface area contributed by atoms with Crippen molar-refractivity contribution < 1.29 is 17.9 Å². The van der Waals surface area contributed by atoms with Crippen LogP contribution in [0.1, 0.15) is 16.8 Å². The highest BCUT2D eigenvalue weighted by Crippen LogP contribution is 2.17. The third kappa shape index (κ3) is 3.62. The molecule has 6 heteroatoms. The minimum Gasteiger partial charge on any atom is -0.494 e. The third-order valence-electron chi connectivity index (χ3n) is 2.00. The Hall–Kier alpha value is -1.43. The fourth-order valence-electron chi connectivity index (χ4n) is 1.19. The molecular weight excluding hydrogens is 230 g/mol. The van der Waals surface area contributed by atoms with Gasteiger partial charge in [0.15, 0.2) is 5.78 Å². The zero-order valence-electron chi connectivity index (χ0n) is 9.13. The van der Waals surface area contributed by atoms with Crippen LogP contribution in [0.5, 0.6) is 5.75 Å². The van der Waals surface area contributed by atoms with Gasteiger partial charge in [0.2, 0.25) is 0 Å². The summed E-state index contributed by atoms with van der Waals surface area (Å²) in [5, 5.41) is 0. The first-order valence-corrected chi connectivity index (χ1v) is 6.69. The van der Waals surface area contributed by atoms with Crippen LogP contribution in [-0.2, 0) is 9.84 Å². The molecule has 0 atom stereocenters. The molecule has 0 spiro atoms. The largest absolute Gasteiger partial charge is 0.494 e. The van der Waals surface area contributed by atoms with Gasteiger partial charge in [0, 0.05) is 18.9 Å². The van der Waals surface area contributed by atoms with Crippen molar-refractivity contribution in [1.82, 2.24) is 4.98 Å². The number of hydrogen-bond donors (Lipinski definition) is 0. The van der Waals surface area contributed by atoms with Crippen LogP contribution in [0.3, 0.4) is 0 Å². The zero-order chi connectivity index (χ0) is 12.2. The highest BCUT2D eigenvalue weighted by atomic mass is 32.2. The van der Waals surface area contributed by atoms with Crippen LogP contribution in [0.25, 0.3) is 0 Å². The Morgan fingerprint density at radius 3 is 2.75 bits per heavy atom. The van der Waals surface area contributed by atoms with Gasteiger partial charge in [-0.1, -0.05) is 0 Å². The van der Waals surface area contributed by atoms with E-state index in [9.17, 15) is 13.2 Å².